The maximum absolute atomic E-state index is 14.7. The van der Waals surface area contributed by atoms with Crippen molar-refractivity contribution >= 4 is 17.7 Å². The SMILES string of the molecule is COC(C[C@H](F)[C@H](O)COC(=O)c1ccc(-c2ccccc2)cc1)n1ccc(=O)nc1SC. The number of esters is 1. The van der Waals surface area contributed by atoms with Crippen molar-refractivity contribution in [1.29, 1.82) is 0 Å². The van der Waals surface area contributed by atoms with Crippen LogP contribution < -0.4 is 5.56 Å². The molecule has 9 heteroatoms. The zero-order chi connectivity index (χ0) is 23.8. The highest BCUT2D eigenvalue weighted by molar-refractivity contribution is 7.98. The van der Waals surface area contributed by atoms with Crippen LogP contribution in [0.25, 0.3) is 11.1 Å². The molecule has 3 rings (SSSR count). The number of ether oxygens (including phenoxy) is 2. The first kappa shape index (κ1) is 24.6. The van der Waals surface area contributed by atoms with Gasteiger partial charge in [0, 0.05) is 25.8 Å². The van der Waals surface area contributed by atoms with E-state index in [1.165, 1.54) is 35.7 Å². The van der Waals surface area contributed by atoms with Gasteiger partial charge in [-0.05, 0) is 29.5 Å². The van der Waals surface area contributed by atoms with Crippen molar-refractivity contribution in [3.05, 3.63) is 82.8 Å². The minimum Gasteiger partial charge on any atom is -0.459 e. The Labute approximate surface area is 195 Å². The van der Waals surface area contributed by atoms with Gasteiger partial charge in [0.2, 0.25) is 0 Å². The highest BCUT2D eigenvalue weighted by Crippen LogP contribution is 2.23. The fourth-order valence-electron chi connectivity index (χ4n) is 3.22. The molecule has 0 aliphatic heterocycles. The number of thioether (sulfide) groups is 1. The average molecular weight is 473 g/mol. The summed E-state index contributed by atoms with van der Waals surface area (Å²) in [5.74, 6) is -0.654. The van der Waals surface area contributed by atoms with E-state index < -0.39 is 36.6 Å². The monoisotopic (exact) mass is 472 g/mol. The van der Waals surface area contributed by atoms with Crippen LogP contribution in [0.2, 0.25) is 0 Å². The second-order valence-electron chi connectivity index (χ2n) is 7.21. The largest absolute Gasteiger partial charge is 0.459 e. The number of carbonyl (C=O) groups is 1. The van der Waals surface area contributed by atoms with Crippen molar-refractivity contribution in [3.63, 3.8) is 0 Å². The molecular formula is C24H25FN2O5S. The van der Waals surface area contributed by atoms with E-state index in [9.17, 15) is 19.1 Å². The number of benzene rings is 2. The lowest BCUT2D eigenvalue weighted by molar-refractivity contribution is -0.0388. The van der Waals surface area contributed by atoms with Crippen molar-refractivity contribution in [1.82, 2.24) is 9.55 Å². The van der Waals surface area contributed by atoms with Gasteiger partial charge in [-0.1, -0.05) is 54.2 Å². The second-order valence-corrected chi connectivity index (χ2v) is 7.98. The molecule has 7 nitrogen and oxygen atoms in total. The minimum atomic E-state index is -1.74. The third-order valence-corrected chi connectivity index (χ3v) is 5.69. The first-order valence-electron chi connectivity index (χ1n) is 10.2. The fraction of sp³-hybridized carbons (Fsp3) is 0.292. The first-order valence-corrected chi connectivity index (χ1v) is 11.5. The van der Waals surface area contributed by atoms with Crippen molar-refractivity contribution in [2.75, 3.05) is 20.0 Å². The van der Waals surface area contributed by atoms with Crippen LogP contribution >= 0.6 is 11.8 Å². The Morgan fingerprint density at radius 1 is 1.12 bits per heavy atom. The first-order chi connectivity index (χ1) is 15.9. The van der Waals surface area contributed by atoms with E-state index in [0.717, 1.165) is 11.1 Å². The van der Waals surface area contributed by atoms with Crippen LogP contribution in [0.4, 0.5) is 4.39 Å². The summed E-state index contributed by atoms with van der Waals surface area (Å²) in [6.07, 6.45) is -1.10. The van der Waals surface area contributed by atoms with E-state index in [1.54, 1.807) is 30.5 Å². The molecule has 1 unspecified atom stereocenters. The summed E-state index contributed by atoms with van der Waals surface area (Å²) in [5, 5.41) is 10.5. The zero-order valence-corrected chi connectivity index (χ0v) is 19.1. The Bertz CT molecular complexity index is 1110. The average Bonchev–Trinajstić information content (AvgIpc) is 2.86. The van der Waals surface area contributed by atoms with E-state index in [4.69, 9.17) is 9.47 Å². The van der Waals surface area contributed by atoms with Crippen LogP contribution in [0.15, 0.2) is 76.8 Å². The number of aromatic nitrogens is 2. The molecule has 33 heavy (non-hydrogen) atoms. The Morgan fingerprint density at radius 3 is 2.42 bits per heavy atom. The van der Waals surface area contributed by atoms with Gasteiger partial charge in [-0.15, -0.1) is 0 Å². The van der Waals surface area contributed by atoms with E-state index in [2.05, 4.69) is 4.98 Å². The molecule has 0 saturated heterocycles. The molecule has 0 saturated carbocycles. The lowest BCUT2D eigenvalue weighted by Gasteiger charge is -2.24. The molecule has 0 aliphatic rings. The number of hydrogen-bond donors (Lipinski definition) is 1. The van der Waals surface area contributed by atoms with Crippen LogP contribution in [0.3, 0.4) is 0 Å². The number of methoxy groups -OCH3 is 1. The predicted molar refractivity (Wildman–Crippen MR) is 124 cm³/mol. The van der Waals surface area contributed by atoms with Crippen LogP contribution in [0.1, 0.15) is 23.0 Å². The molecule has 1 N–H and O–H groups in total. The van der Waals surface area contributed by atoms with Crippen molar-refractivity contribution < 1.29 is 23.8 Å². The highest BCUT2D eigenvalue weighted by atomic mass is 32.2. The molecule has 2 aromatic carbocycles. The Hall–Kier alpha value is -3.01. The van der Waals surface area contributed by atoms with Gasteiger partial charge >= 0.3 is 5.97 Å². The molecule has 3 atom stereocenters. The van der Waals surface area contributed by atoms with Gasteiger partial charge in [0.1, 0.15) is 25.1 Å². The summed E-state index contributed by atoms with van der Waals surface area (Å²) in [4.78, 5) is 27.6. The van der Waals surface area contributed by atoms with Gasteiger partial charge in [0.15, 0.2) is 5.16 Å². The topological polar surface area (TPSA) is 90.6 Å². The number of halogens is 1. The quantitative estimate of drug-likeness (QED) is 0.273. The van der Waals surface area contributed by atoms with Gasteiger partial charge in [-0.3, -0.25) is 4.79 Å². The van der Waals surface area contributed by atoms with E-state index >= 15 is 0 Å². The van der Waals surface area contributed by atoms with Gasteiger partial charge in [-0.2, -0.15) is 4.98 Å². The standard InChI is InChI=1S/C24H25FN2O5S/c1-31-22(27-13-12-21(29)26-24(27)33-2)14-19(25)20(28)15-32-23(30)18-10-8-17(9-11-18)16-6-4-3-5-7-16/h3-13,19-20,22,28H,14-15H2,1-2H3/t19-,20+,22?/m0/s1. The number of alkyl halides is 1. The number of nitrogens with zero attached hydrogens (tertiary/aromatic N) is 2. The summed E-state index contributed by atoms with van der Waals surface area (Å²) in [6.45, 7) is -0.505. The Kier molecular flexibility index (Phi) is 8.76. The molecule has 0 amide bonds. The van der Waals surface area contributed by atoms with Crippen molar-refractivity contribution in [2.45, 2.75) is 30.1 Å². The van der Waals surface area contributed by atoms with E-state index in [0.29, 0.717) is 10.7 Å². The summed E-state index contributed by atoms with van der Waals surface area (Å²) >= 11 is 1.22. The van der Waals surface area contributed by atoms with Crippen LogP contribution in [-0.2, 0) is 9.47 Å². The number of aliphatic hydroxyl groups excluding tert-OH is 1. The molecular weight excluding hydrogens is 447 g/mol. The van der Waals surface area contributed by atoms with Crippen molar-refractivity contribution in [3.8, 4) is 11.1 Å². The lowest BCUT2D eigenvalue weighted by atomic mass is 10.0. The normalized spacial score (nSPS) is 13.8. The second kappa shape index (κ2) is 11.7. The molecule has 0 spiro atoms. The van der Waals surface area contributed by atoms with E-state index in [1.807, 2.05) is 30.3 Å². The van der Waals surface area contributed by atoms with Crippen molar-refractivity contribution in [2.24, 2.45) is 0 Å². The summed E-state index contributed by atoms with van der Waals surface area (Å²) in [5.41, 5.74) is 1.86. The molecule has 0 fully saturated rings. The molecule has 174 valence electrons. The van der Waals surface area contributed by atoms with Gasteiger partial charge < -0.3 is 19.1 Å². The Morgan fingerprint density at radius 2 is 1.79 bits per heavy atom. The maximum Gasteiger partial charge on any atom is 0.338 e. The highest BCUT2D eigenvalue weighted by Gasteiger charge is 2.26. The predicted octanol–water partition coefficient (Wildman–Crippen LogP) is 3.72. The molecule has 1 heterocycles. The summed E-state index contributed by atoms with van der Waals surface area (Å²) < 4.78 is 26.7. The summed E-state index contributed by atoms with van der Waals surface area (Å²) in [7, 11) is 1.39. The minimum absolute atomic E-state index is 0.223. The van der Waals surface area contributed by atoms with Gasteiger partial charge in [0.25, 0.3) is 5.56 Å². The van der Waals surface area contributed by atoms with Gasteiger partial charge in [-0.25, -0.2) is 9.18 Å². The van der Waals surface area contributed by atoms with Crippen LogP contribution in [0, 0.1) is 0 Å². The van der Waals surface area contributed by atoms with Crippen LogP contribution in [-0.4, -0.2) is 52.9 Å². The smallest absolute Gasteiger partial charge is 0.338 e. The number of carbonyl (C=O) groups excluding carboxylic acids is 1. The fourth-order valence-corrected chi connectivity index (χ4v) is 3.79. The molecule has 0 aliphatic carbocycles. The van der Waals surface area contributed by atoms with Crippen LogP contribution in [0.5, 0.6) is 0 Å². The lowest BCUT2D eigenvalue weighted by Crippen LogP contribution is -2.32. The number of rotatable bonds is 10. The third kappa shape index (κ3) is 6.50. The Balaban J connectivity index is 1.56. The summed E-state index contributed by atoms with van der Waals surface area (Å²) in [6, 6.07) is 17.8. The number of hydrogen-bond acceptors (Lipinski definition) is 7. The zero-order valence-electron chi connectivity index (χ0n) is 18.3. The number of aliphatic hydroxyl groups is 1. The third-order valence-electron chi connectivity index (χ3n) is 5.03. The van der Waals surface area contributed by atoms with E-state index in [-0.39, 0.29) is 6.42 Å². The molecule has 0 radical (unpaired) electrons. The molecule has 0 bridgehead atoms. The molecule has 1 aromatic heterocycles. The molecule has 3 aromatic rings. The van der Waals surface area contributed by atoms with Gasteiger partial charge in [0.05, 0.1) is 5.56 Å². The maximum atomic E-state index is 14.7.